The molecule has 1 aliphatic rings. The molecule has 1 rings (SSSR count). The van der Waals surface area contributed by atoms with Crippen LogP contribution in [0.1, 0.15) is 20.8 Å². The summed E-state index contributed by atoms with van der Waals surface area (Å²) in [5, 5.41) is 0. The van der Waals surface area contributed by atoms with Crippen LogP contribution in [0.5, 0.6) is 0 Å². The molecule has 1 saturated heterocycles. The number of hydrogen-bond acceptors (Lipinski definition) is 3. The van der Waals surface area contributed by atoms with Crippen molar-refractivity contribution in [3.8, 4) is 0 Å². The molecule has 0 aromatic heterocycles. The number of morpholine rings is 1. The summed E-state index contributed by atoms with van der Waals surface area (Å²) in [5.74, 6) is 0.168. The first-order valence-electron chi connectivity index (χ1n) is 4.58. The molecule has 0 radical (unpaired) electrons. The molecule has 0 spiro atoms. The maximum Gasteiger partial charge on any atom is 0.214 e. The summed E-state index contributed by atoms with van der Waals surface area (Å²) in [6.07, 6.45) is 0. The van der Waals surface area contributed by atoms with Gasteiger partial charge in [0.05, 0.1) is 19.0 Å². The van der Waals surface area contributed by atoms with Crippen LogP contribution in [0.4, 0.5) is 0 Å². The molecule has 13 heavy (non-hydrogen) atoms. The van der Waals surface area contributed by atoms with Crippen LogP contribution in [0, 0.1) is 0 Å². The maximum atomic E-state index is 11.6. The van der Waals surface area contributed by atoms with Crippen LogP contribution in [0.2, 0.25) is 0 Å². The monoisotopic (exact) mass is 207 g/mol. The Morgan fingerprint density at radius 3 is 2.15 bits per heavy atom. The fraction of sp³-hybridized carbons (Fsp3) is 1.00. The van der Waals surface area contributed by atoms with Crippen molar-refractivity contribution in [1.82, 2.24) is 4.31 Å². The van der Waals surface area contributed by atoms with Crippen LogP contribution in [0.15, 0.2) is 0 Å². The van der Waals surface area contributed by atoms with Crippen LogP contribution in [0.3, 0.4) is 0 Å². The second kappa shape index (κ2) is 3.94. The van der Waals surface area contributed by atoms with Gasteiger partial charge in [0.25, 0.3) is 0 Å². The van der Waals surface area contributed by atoms with Gasteiger partial charge in [-0.05, 0) is 20.8 Å². The van der Waals surface area contributed by atoms with E-state index in [1.165, 1.54) is 0 Å². The first-order chi connectivity index (χ1) is 5.99. The Labute approximate surface area is 79.9 Å². The van der Waals surface area contributed by atoms with Gasteiger partial charge in [-0.2, -0.15) is 4.31 Å². The normalized spacial score (nSPS) is 31.9. The Morgan fingerprint density at radius 1 is 1.31 bits per heavy atom. The van der Waals surface area contributed by atoms with Crippen molar-refractivity contribution >= 4 is 10.0 Å². The van der Waals surface area contributed by atoms with Crippen LogP contribution in [-0.4, -0.2) is 43.8 Å². The van der Waals surface area contributed by atoms with Gasteiger partial charge in [0.15, 0.2) is 0 Å². The summed E-state index contributed by atoms with van der Waals surface area (Å²) >= 11 is 0. The Kier molecular flexibility index (Phi) is 3.32. The predicted octanol–water partition coefficient (Wildman–Crippen LogP) is 0.445. The van der Waals surface area contributed by atoms with Crippen LogP contribution in [0.25, 0.3) is 0 Å². The molecule has 5 heteroatoms. The Hall–Kier alpha value is -0.130. The van der Waals surface area contributed by atoms with Gasteiger partial charge in [0.2, 0.25) is 10.0 Å². The fourth-order valence-electron chi connectivity index (χ4n) is 1.69. The highest BCUT2D eigenvalue weighted by molar-refractivity contribution is 7.89. The van der Waals surface area contributed by atoms with Crippen molar-refractivity contribution in [2.75, 3.05) is 19.0 Å². The number of nitrogens with zero attached hydrogens (tertiary/aromatic N) is 1. The molecule has 4 nitrogen and oxygen atoms in total. The second-order valence-electron chi connectivity index (χ2n) is 3.47. The first kappa shape index (κ1) is 10.9. The molecular formula is C8H17NO3S. The van der Waals surface area contributed by atoms with Crippen LogP contribution >= 0.6 is 0 Å². The van der Waals surface area contributed by atoms with Gasteiger partial charge in [0.1, 0.15) is 0 Å². The minimum atomic E-state index is -3.07. The molecular weight excluding hydrogens is 190 g/mol. The summed E-state index contributed by atoms with van der Waals surface area (Å²) in [7, 11) is -3.07. The standard InChI is InChI=1S/C8H17NO3S/c1-4-13(10,11)9-7(2)5-12-6-8(9)3/h7-8H,4-6H2,1-3H3/t7-,8-/m0/s1. The molecule has 0 bridgehead atoms. The van der Waals surface area contributed by atoms with E-state index in [-0.39, 0.29) is 17.8 Å². The van der Waals surface area contributed by atoms with Crippen molar-refractivity contribution < 1.29 is 13.2 Å². The molecule has 1 heterocycles. The van der Waals surface area contributed by atoms with E-state index in [0.29, 0.717) is 13.2 Å². The van der Waals surface area contributed by atoms with Gasteiger partial charge in [-0.3, -0.25) is 0 Å². The average molecular weight is 207 g/mol. The van der Waals surface area contributed by atoms with Gasteiger partial charge in [-0.1, -0.05) is 0 Å². The minimum absolute atomic E-state index is 0.0336. The molecule has 0 aliphatic carbocycles. The van der Waals surface area contributed by atoms with Crippen molar-refractivity contribution in [3.63, 3.8) is 0 Å². The highest BCUT2D eigenvalue weighted by Gasteiger charge is 2.33. The summed E-state index contributed by atoms with van der Waals surface area (Å²) in [5.41, 5.74) is 0. The summed E-state index contributed by atoms with van der Waals surface area (Å²) in [4.78, 5) is 0. The average Bonchev–Trinajstić information content (AvgIpc) is 2.03. The highest BCUT2D eigenvalue weighted by Crippen LogP contribution is 2.17. The second-order valence-corrected chi connectivity index (χ2v) is 5.63. The molecule has 0 amide bonds. The number of rotatable bonds is 2. The molecule has 0 unspecified atom stereocenters. The lowest BCUT2D eigenvalue weighted by Gasteiger charge is -2.37. The molecule has 1 aliphatic heterocycles. The van der Waals surface area contributed by atoms with Gasteiger partial charge in [-0.25, -0.2) is 8.42 Å². The van der Waals surface area contributed by atoms with Crippen molar-refractivity contribution in [3.05, 3.63) is 0 Å². The van der Waals surface area contributed by atoms with E-state index < -0.39 is 10.0 Å². The quantitative estimate of drug-likeness (QED) is 0.660. The molecule has 0 aromatic carbocycles. The lowest BCUT2D eigenvalue weighted by atomic mass is 10.2. The lowest BCUT2D eigenvalue weighted by Crippen LogP contribution is -2.52. The zero-order chi connectivity index (χ0) is 10.1. The predicted molar refractivity (Wildman–Crippen MR) is 51.0 cm³/mol. The van der Waals surface area contributed by atoms with Crippen molar-refractivity contribution in [2.24, 2.45) is 0 Å². The van der Waals surface area contributed by atoms with Crippen molar-refractivity contribution in [1.29, 1.82) is 0 Å². The molecule has 78 valence electrons. The van der Waals surface area contributed by atoms with Crippen LogP contribution < -0.4 is 0 Å². The topological polar surface area (TPSA) is 46.6 Å². The van der Waals surface area contributed by atoms with Gasteiger partial charge >= 0.3 is 0 Å². The Balaban J connectivity index is 2.86. The third-order valence-corrected chi connectivity index (χ3v) is 4.36. The molecule has 0 aromatic rings. The van der Waals surface area contributed by atoms with Crippen molar-refractivity contribution in [2.45, 2.75) is 32.9 Å². The van der Waals surface area contributed by atoms with E-state index in [1.807, 2.05) is 13.8 Å². The summed E-state index contributed by atoms with van der Waals surface area (Å²) in [6, 6.07) is -0.0672. The summed E-state index contributed by atoms with van der Waals surface area (Å²) in [6.45, 7) is 6.43. The Bertz CT molecular complexity index is 253. The van der Waals surface area contributed by atoms with E-state index in [0.717, 1.165) is 0 Å². The minimum Gasteiger partial charge on any atom is -0.378 e. The smallest absolute Gasteiger partial charge is 0.214 e. The SMILES string of the molecule is CCS(=O)(=O)N1[C@@H](C)COC[C@@H]1C. The zero-order valence-corrected chi connectivity index (χ0v) is 9.17. The molecule has 0 saturated carbocycles. The number of hydrogen-bond donors (Lipinski definition) is 0. The fourth-order valence-corrected chi connectivity index (χ4v) is 3.20. The third-order valence-electron chi connectivity index (χ3n) is 2.27. The largest absolute Gasteiger partial charge is 0.378 e. The maximum absolute atomic E-state index is 11.6. The van der Waals surface area contributed by atoms with E-state index in [4.69, 9.17) is 4.74 Å². The highest BCUT2D eigenvalue weighted by atomic mass is 32.2. The number of ether oxygens (including phenoxy) is 1. The molecule has 2 atom stereocenters. The third kappa shape index (κ3) is 2.21. The van der Waals surface area contributed by atoms with E-state index >= 15 is 0 Å². The molecule has 0 N–H and O–H groups in total. The summed E-state index contributed by atoms with van der Waals surface area (Å²) < 4.78 is 30.1. The van der Waals surface area contributed by atoms with Gasteiger partial charge in [-0.15, -0.1) is 0 Å². The van der Waals surface area contributed by atoms with E-state index in [9.17, 15) is 8.42 Å². The van der Waals surface area contributed by atoms with Gasteiger partial charge in [0, 0.05) is 12.1 Å². The number of sulfonamides is 1. The van der Waals surface area contributed by atoms with E-state index in [2.05, 4.69) is 0 Å². The van der Waals surface area contributed by atoms with Gasteiger partial charge < -0.3 is 4.74 Å². The lowest BCUT2D eigenvalue weighted by molar-refractivity contribution is 0.00645. The zero-order valence-electron chi connectivity index (χ0n) is 8.36. The van der Waals surface area contributed by atoms with E-state index in [1.54, 1.807) is 11.2 Å². The van der Waals surface area contributed by atoms with Crippen LogP contribution in [-0.2, 0) is 14.8 Å². The Morgan fingerprint density at radius 2 is 1.77 bits per heavy atom. The first-order valence-corrected chi connectivity index (χ1v) is 6.19. The molecule has 1 fully saturated rings.